The molecule has 1 atom stereocenters. The minimum atomic E-state index is 0.0589. The van der Waals surface area contributed by atoms with Gasteiger partial charge in [0, 0.05) is 12.1 Å². The Morgan fingerprint density at radius 2 is 2.08 bits per heavy atom. The van der Waals surface area contributed by atoms with Crippen molar-refractivity contribution >= 4 is 17.7 Å². The zero-order chi connectivity index (χ0) is 16.9. The minimum Gasteiger partial charge on any atom is -0.353 e. The molecule has 1 fully saturated rings. The fraction of sp³-hybridized carbons (Fsp3) is 0.500. The minimum absolute atomic E-state index is 0.0589. The molecule has 3 rings (SSSR count). The van der Waals surface area contributed by atoms with Gasteiger partial charge in [0.2, 0.25) is 5.91 Å². The zero-order valence-electron chi connectivity index (χ0n) is 14.2. The molecular formula is C18H24N4OS. The number of amides is 1. The Morgan fingerprint density at radius 3 is 2.79 bits per heavy atom. The Morgan fingerprint density at radius 1 is 1.33 bits per heavy atom. The van der Waals surface area contributed by atoms with Crippen LogP contribution in [0.4, 0.5) is 0 Å². The standard InChI is InChI=1S/C18H24N4OS/c1-13(8-9-15-6-4-3-5-7-15)19-17(23)12-24-18-21-20-14(2)22(18)16-10-11-16/h3-7,13,16H,8-12H2,1-2H3,(H,19,23)/t13-/m0/s1. The van der Waals surface area contributed by atoms with Crippen molar-refractivity contribution in [1.82, 2.24) is 20.1 Å². The van der Waals surface area contributed by atoms with Crippen LogP contribution in [-0.2, 0) is 11.2 Å². The molecule has 1 heterocycles. The van der Waals surface area contributed by atoms with Gasteiger partial charge in [-0.25, -0.2) is 0 Å². The van der Waals surface area contributed by atoms with E-state index in [9.17, 15) is 4.79 Å². The second-order valence-corrected chi connectivity index (χ2v) is 7.35. The molecule has 1 aliphatic carbocycles. The highest BCUT2D eigenvalue weighted by Crippen LogP contribution is 2.38. The van der Waals surface area contributed by atoms with Crippen molar-refractivity contribution in [2.24, 2.45) is 0 Å². The van der Waals surface area contributed by atoms with Gasteiger partial charge in [0.15, 0.2) is 5.16 Å². The number of hydrogen-bond acceptors (Lipinski definition) is 4. The van der Waals surface area contributed by atoms with E-state index in [0.29, 0.717) is 11.8 Å². The van der Waals surface area contributed by atoms with Gasteiger partial charge in [-0.15, -0.1) is 10.2 Å². The molecule has 1 amide bonds. The van der Waals surface area contributed by atoms with Gasteiger partial charge in [-0.3, -0.25) is 4.79 Å². The van der Waals surface area contributed by atoms with Crippen LogP contribution in [0.25, 0.3) is 0 Å². The van der Waals surface area contributed by atoms with Gasteiger partial charge in [-0.05, 0) is 45.1 Å². The second kappa shape index (κ2) is 7.83. The summed E-state index contributed by atoms with van der Waals surface area (Å²) in [6.07, 6.45) is 4.30. The lowest BCUT2D eigenvalue weighted by molar-refractivity contribution is -0.119. The Balaban J connectivity index is 1.42. The monoisotopic (exact) mass is 344 g/mol. The topological polar surface area (TPSA) is 59.8 Å². The smallest absolute Gasteiger partial charge is 0.230 e. The quantitative estimate of drug-likeness (QED) is 0.747. The summed E-state index contributed by atoms with van der Waals surface area (Å²) in [7, 11) is 0. The van der Waals surface area contributed by atoms with Gasteiger partial charge in [-0.2, -0.15) is 0 Å². The number of rotatable bonds is 8. The fourth-order valence-corrected chi connectivity index (χ4v) is 3.61. The van der Waals surface area contributed by atoms with E-state index in [0.717, 1.165) is 23.8 Å². The number of carbonyl (C=O) groups excluding carboxylic acids is 1. The number of carbonyl (C=O) groups is 1. The average molecular weight is 344 g/mol. The molecule has 1 aromatic heterocycles. The predicted molar refractivity (Wildman–Crippen MR) is 96.1 cm³/mol. The summed E-state index contributed by atoms with van der Waals surface area (Å²) in [5, 5.41) is 12.3. The van der Waals surface area contributed by atoms with E-state index in [1.807, 2.05) is 25.1 Å². The van der Waals surface area contributed by atoms with Crippen LogP contribution in [-0.4, -0.2) is 32.5 Å². The highest BCUT2D eigenvalue weighted by Gasteiger charge is 2.28. The number of aryl methyl sites for hydroxylation is 2. The van der Waals surface area contributed by atoms with Crippen LogP contribution < -0.4 is 5.32 Å². The fourth-order valence-electron chi connectivity index (χ4n) is 2.75. The third-order valence-corrected chi connectivity index (χ3v) is 5.14. The Labute approximate surface area is 147 Å². The number of nitrogens with zero attached hydrogens (tertiary/aromatic N) is 3. The molecule has 0 spiro atoms. The van der Waals surface area contributed by atoms with Gasteiger partial charge in [0.1, 0.15) is 5.82 Å². The molecule has 0 bridgehead atoms. The van der Waals surface area contributed by atoms with Crippen LogP contribution in [0.15, 0.2) is 35.5 Å². The number of thioether (sulfide) groups is 1. The van der Waals surface area contributed by atoms with Crippen LogP contribution in [0.2, 0.25) is 0 Å². The van der Waals surface area contributed by atoms with Crippen LogP contribution >= 0.6 is 11.8 Å². The zero-order valence-corrected chi connectivity index (χ0v) is 15.1. The maximum Gasteiger partial charge on any atom is 0.230 e. The molecule has 128 valence electrons. The molecule has 0 radical (unpaired) electrons. The summed E-state index contributed by atoms with van der Waals surface area (Å²) in [5.74, 6) is 1.39. The first-order chi connectivity index (χ1) is 11.6. The summed E-state index contributed by atoms with van der Waals surface area (Å²) in [6.45, 7) is 4.03. The Bertz CT molecular complexity index is 682. The number of nitrogens with one attached hydrogen (secondary N) is 1. The first kappa shape index (κ1) is 17.0. The van der Waals surface area contributed by atoms with Crippen molar-refractivity contribution in [2.75, 3.05) is 5.75 Å². The summed E-state index contributed by atoms with van der Waals surface area (Å²) in [6, 6.07) is 11.1. The maximum atomic E-state index is 12.2. The first-order valence-electron chi connectivity index (χ1n) is 8.51. The van der Waals surface area contributed by atoms with Crippen molar-refractivity contribution in [3.8, 4) is 0 Å². The van der Waals surface area contributed by atoms with Crippen LogP contribution in [0.1, 0.15) is 43.6 Å². The molecule has 0 saturated heterocycles. The Hall–Kier alpha value is -1.82. The normalized spacial score (nSPS) is 15.2. The van der Waals surface area contributed by atoms with Crippen molar-refractivity contribution < 1.29 is 4.79 Å². The average Bonchev–Trinajstić information content (AvgIpc) is 3.35. The van der Waals surface area contributed by atoms with E-state index in [1.165, 1.54) is 30.2 Å². The summed E-state index contributed by atoms with van der Waals surface area (Å²) < 4.78 is 2.16. The maximum absolute atomic E-state index is 12.2. The summed E-state index contributed by atoms with van der Waals surface area (Å²) in [5.41, 5.74) is 1.31. The molecule has 1 saturated carbocycles. The lowest BCUT2D eigenvalue weighted by atomic mass is 10.1. The van der Waals surface area contributed by atoms with E-state index in [1.54, 1.807) is 0 Å². The van der Waals surface area contributed by atoms with Gasteiger partial charge in [0.05, 0.1) is 5.75 Å². The summed E-state index contributed by atoms with van der Waals surface area (Å²) >= 11 is 1.48. The van der Waals surface area contributed by atoms with E-state index in [2.05, 4.69) is 39.1 Å². The summed E-state index contributed by atoms with van der Waals surface area (Å²) in [4.78, 5) is 12.2. The lowest BCUT2D eigenvalue weighted by Crippen LogP contribution is -2.34. The molecule has 0 unspecified atom stereocenters. The number of aromatic nitrogens is 3. The highest BCUT2D eigenvalue weighted by molar-refractivity contribution is 7.99. The van der Waals surface area contributed by atoms with E-state index < -0.39 is 0 Å². The third kappa shape index (κ3) is 4.60. The van der Waals surface area contributed by atoms with E-state index >= 15 is 0 Å². The van der Waals surface area contributed by atoms with E-state index in [-0.39, 0.29) is 11.9 Å². The van der Waals surface area contributed by atoms with Gasteiger partial charge in [0.25, 0.3) is 0 Å². The molecule has 6 heteroatoms. The Kier molecular flexibility index (Phi) is 5.56. The van der Waals surface area contributed by atoms with Gasteiger partial charge < -0.3 is 9.88 Å². The van der Waals surface area contributed by atoms with Crippen LogP contribution in [0.5, 0.6) is 0 Å². The third-order valence-electron chi connectivity index (χ3n) is 4.20. The van der Waals surface area contributed by atoms with E-state index in [4.69, 9.17) is 0 Å². The van der Waals surface area contributed by atoms with Gasteiger partial charge in [-0.1, -0.05) is 42.1 Å². The predicted octanol–water partition coefficient (Wildman–Crippen LogP) is 3.15. The lowest BCUT2D eigenvalue weighted by Gasteiger charge is -2.14. The van der Waals surface area contributed by atoms with Crippen molar-refractivity contribution in [3.63, 3.8) is 0 Å². The molecule has 1 aliphatic rings. The molecule has 2 aromatic rings. The first-order valence-corrected chi connectivity index (χ1v) is 9.49. The molecule has 5 nitrogen and oxygen atoms in total. The molecule has 0 aliphatic heterocycles. The van der Waals surface area contributed by atoms with Gasteiger partial charge >= 0.3 is 0 Å². The molecule has 1 N–H and O–H groups in total. The molecular weight excluding hydrogens is 320 g/mol. The second-order valence-electron chi connectivity index (χ2n) is 6.41. The largest absolute Gasteiger partial charge is 0.353 e. The van der Waals surface area contributed by atoms with Crippen LogP contribution in [0, 0.1) is 6.92 Å². The molecule has 24 heavy (non-hydrogen) atoms. The number of hydrogen-bond donors (Lipinski definition) is 1. The van der Waals surface area contributed by atoms with Crippen molar-refractivity contribution in [3.05, 3.63) is 41.7 Å². The highest BCUT2D eigenvalue weighted by atomic mass is 32.2. The molecule has 1 aromatic carbocycles. The number of benzene rings is 1. The van der Waals surface area contributed by atoms with Crippen LogP contribution in [0.3, 0.4) is 0 Å². The van der Waals surface area contributed by atoms with Crippen molar-refractivity contribution in [2.45, 2.75) is 56.8 Å². The SMILES string of the molecule is Cc1nnc(SCC(=O)N[C@@H](C)CCc2ccccc2)n1C1CC1. The van der Waals surface area contributed by atoms with Crippen molar-refractivity contribution in [1.29, 1.82) is 0 Å².